The van der Waals surface area contributed by atoms with E-state index in [0.717, 1.165) is 0 Å². The number of rotatable bonds is 3. The Morgan fingerprint density at radius 1 is 1.44 bits per heavy atom. The van der Waals surface area contributed by atoms with Gasteiger partial charge in [-0.25, -0.2) is 4.39 Å². The molecule has 1 aromatic carbocycles. The van der Waals surface area contributed by atoms with E-state index >= 15 is 0 Å². The molecule has 0 amide bonds. The van der Waals surface area contributed by atoms with Crippen LogP contribution in [0.5, 0.6) is 0 Å². The summed E-state index contributed by atoms with van der Waals surface area (Å²) in [5.74, 6) is 0.189. The summed E-state index contributed by atoms with van der Waals surface area (Å²) in [6, 6.07) is 3.80. The molecule has 5 nitrogen and oxygen atoms in total. The first-order valence-electron chi connectivity index (χ1n) is 5.53. The highest BCUT2D eigenvalue weighted by Crippen LogP contribution is 2.21. The van der Waals surface area contributed by atoms with Crippen LogP contribution in [0.1, 0.15) is 24.4 Å². The van der Waals surface area contributed by atoms with Gasteiger partial charge in [0.25, 0.3) is 0 Å². The van der Waals surface area contributed by atoms with Crippen LogP contribution in [0.25, 0.3) is 11.4 Å². The van der Waals surface area contributed by atoms with Gasteiger partial charge in [-0.15, -0.1) is 0 Å². The summed E-state index contributed by atoms with van der Waals surface area (Å²) < 4.78 is 18.1. The van der Waals surface area contributed by atoms with Crippen molar-refractivity contribution in [2.75, 3.05) is 0 Å². The molecular weight excluding hydrogens is 237 g/mol. The lowest BCUT2D eigenvalue weighted by atomic mass is 10.1. The van der Waals surface area contributed by atoms with Gasteiger partial charge in [-0.1, -0.05) is 5.16 Å². The molecule has 96 valence electrons. The Bertz CT molecular complexity index is 554. The topological polar surface area (TPSA) is 85.2 Å². The summed E-state index contributed by atoms with van der Waals surface area (Å²) >= 11 is 0. The fourth-order valence-corrected chi connectivity index (χ4v) is 1.48. The van der Waals surface area contributed by atoms with Crippen molar-refractivity contribution in [2.45, 2.75) is 26.0 Å². The van der Waals surface area contributed by atoms with E-state index in [2.05, 4.69) is 10.1 Å². The van der Waals surface area contributed by atoms with Crippen LogP contribution in [0.2, 0.25) is 0 Å². The summed E-state index contributed by atoms with van der Waals surface area (Å²) in [4.78, 5) is 4.09. The Balaban J connectivity index is 2.32. The number of aromatic nitrogens is 2. The highest BCUT2D eigenvalue weighted by molar-refractivity contribution is 5.55. The van der Waals surface area contributed by atoms with Crippen molar-refractivity contribution >= 4 is 0 Å². The molecule has 0 saturated heterocycles. The Morgan fingerprint density at radius 3 is 2.78 bits per heavy atom. The minimum atomic E-state index is -0.784. The van der Waals surface area contributed by atoms with Crippen molar-refractivity contribution in [3.63, 3.8) is 0 Å². The number of hydrogen-bond acceptors (Lipinski definition) is 5. The number of benzene rings is 1. The predicted molar refractivity (Wildman–Crippen MR) is 63.0 cm³/mol. The maximum absolute atomic E-state index is 13.1. The summed E-state index contributed by atoms with van der Waals surface area (Å²) in [7, 11) is 0. The molecule has 0 aliphatic carbocycles. The van der Waals surface area contributed by atoms with Gasteiger partial charge in [0.1, 0.15) is 11.9 Å². The Labute approximate surface area is 103 Å². The van der Waals surface area contributed by atoms with E-state index in [1.54, 1.807) is 19.1 Å². The van der Waals surface area contributed by atoms with Crippen LogP contribution < -0.4 is 5.73 Å². The molecule has 18 heavy (non-hydrogen) atoms. The second kappa shape index (κ2) is 4.83. The van der Waals surface area contributed by atoms with Crippen LogP contribution in [0.4, 0.5) is 4.39 Å². The van der Waals surface area contributed by atoms with Gasteiger partial charge in [-0.2, -0.15) is 4.98 Å². The number of aliphatic hydroxyl groups excluding tert-OH is 1. The molecule has 0 aliphatic rings. The number of halogens is 1. The zero-order valence-corrected chi connectivity index (χ0v) is 10.1. The van der Waals surface area contributed by atoms with Crippen molar-refractivity contribution in [2.24, 2.45) is 5.73 Å². The third-order valence-electron chi connectivity index (χ3n) is 2.66. The highest BCUT2D eigenvalue weighted by atomic mass is 19.1. The zero-order valence-electron chi connectivity index (χ0n) is 10.1. The number of aliphatic hydroxyl groups is 1. The largest absolute Gasteiger partial charge is 0.391 e. The Kier molecular flexibility index (Phi) is 3.40. The van der Waals surface area contributed by atoms with E-state index in [1.165, 1.54) is 13.0 Å². The van der Waals surface area contributed by atoms with E-state index < -0.39 is 12.1 Å². The molecule has 6 heteroatoms. The van der Waals surface area contributed by atoms with Crippen molar-refractivity contribution in [1.82, 2.24) is 10.1 Å². The average Bonchev–Trinajstić information content (AvgIpc) is 2.81. The summed E-state index contributed by atoms with van der Waals surface area (Å²) in [5, 5.41) is 13.1. The molecule has 2 rings (SSSR count). The van der Waals surface area contributed by atoms with Gasteiger partial charge in [0.05, 0.1) is 6.10 Å². The molecule has 0 saturated carbocycles. The smallest absolute Gasteiger partial charge is 0.246 e. The molecule has 0 bridgehead atoms. The van der Waals surface area contributed by atoms with Gasteiger partial charge in [-0.3, -0.25) is 0 Å². The highest BCUT2D eigenvalue weighted by Gasteiger charge is 2.20. The minimum Gasteiger partial charge on any atom is -0.391 e. The molecule has 3 N–H and O–H groups in total. The van der Waals surface area contributed by atoms with Crippen LogP contribution in [0.3, 0.4) is 0 Å². The molecule has 0 radical (unpaired) electrons. The second-order valence-electron chi connectivity index (χ2n) is 4.19. The predicted octanol–water partition coefficient (Wildman–Crippen LogP) is 1.56. The van der Waals surface area contributed by atoms with E-state index in [4.69, 9.17) is 10.3 Å². The third kappa shape index (κ3) is 2.39. The Morgan fingerprint density at radius 2 is 2.17 bits per heavy atom. The second-order valence-corrected chi connectivity index (χ2v) is 4.19. The molecule has 1 aromatic heterocycles. The van der Waals surface area contributed by atoms with Crippen LogP contribution in [-0.2, 0) is 0 Å². The first-order chi connectivity index (χ1) is 8.49. The monoisotopic (exact) mass is 251 g/mol. The third-order valence-corrected chi connectivity index (χ3v) is 2.66. The SMILES string of the molecule is Cc1cc(-c2noc([C@@H](N)[C@@H](C)O)n2)ccc1F. The molecule has 2 atom stereocenters. The molecule has 0 spiro atoms. The molecule has 0 aliphatic heterocycles. The zero-order chi connectivity index (χ0) is 13.3. The van der Waals surface area contributed by atoms with Crippen LogP contribution >= 0.6 is 0 Å². The number of aryl methyl sites for hydroxylation is 1. The van der Waals surface area contributed by atoms with Gasteiger partial charge in [0, 0.05) is 5.56 Å². The van der Waals surface area contributed by atoms with Crippen molar-refractivity contribution in [3.8, 4) is 11.4 Å². The van der Waals surface area contributed by atoms with Gasteiger partial charge in [0.15, 0.2) is 0 Å². The van der Waals surface area contributed by atoms with Crippen LogP contribution in [-0.4, -0.2) is 21.4 Å². The maximum Gasteiger partial charge on any atom is 0.246 e. The number of nitrogens with zero attached hydrogens (tertiary/aromatic N) is 2. The van der Waals surface area contributed by atoms with E-state index in [0.29, 0.717) is 17.0 Å². The van der Waals surface area contributed by atoms with Crippen LogP contribution in [0, 0.1) is 12.7 Å². The fraction of sp³-hybridized carbons (Fsp3) is 0.333. The standard InChI is InChI=1S/C12H14FN3O2/c1-6-5-8(3-4-9(6)13)11-15-12(18-16-11)10(14)7(2)17/h3-5,7,10,17H,14H2,1-2H3/t7-,10+/m1/s1. The fourth-order valence-electron chi connectivity index (χ4n) is 1.48. The summed E-state index contributed by atoms with van der Waals surface area (Å²) in [5.41, 5.74) is 6.82. The quantitative estimate of drug-likeness (QED) is 0.864. The first-order valence-corrected chi connectivity index (χ1v) is 5.53. The normalized spacial score (nSPS) is 14.5. The van der Waals surface area contributed by atoms with Gasteiger partial charge >= 0.3 is 0 Å². The molecule has 2 aromatic rings. The summed E-state index contributed by atoms with van der Waals surface area (Å²) in [6.45, 7) is 3.19. The van der Waals surface area contributed by atoms with Gasteiger partial charge < -0.3 is 15.4 Å². The lowest BCUT2D eigenvalue weighted by Gasteiger charge is -2.08. The molecule has 1 heterocycles. The van der Waals surface area contributed by atoms with E-state index in [-0.39, 0.29) is 11.7 Å². The van der Waals surface area contributed by atoms with Crippen molar-refractivity contribution in [1.29, 1.82) is 0 Å². The van der Waals surface area contributed by atoms with Crippen LogP contribution in [0.15, 0.2) is 22.7 Å². The van der Waals surface area contributed by atoms with Gasteiger partial charge in [0.2, 0.25) is 11.7 Å². The van der Waals surface area contributed by atoms with E-state index in [9.17, 15) is 9.50 Å². The lowest BCUT2D eigenvalue weighted by molar-refractivity contribution is 0.146. The van der Waals surface area contributed by atoms with Crippen molar-refractivity contribution < 1.29 is 14.0 Å². The van der Waals surface area contributed by atoms with Gasteiger partial charge in [-0.05, 0) is 37.6 Å². The minimum absolute atomic E-state index is 0.155. The average molecular weight is 251 g/mol. The maximum atomic E-state index is 13.1. The first kappa shape index (κ1) is 12.7. The van der Waals surface area contributed by atoms with Crippen molar-refractivity contribution in [3.05, 3.63) is 35.5 Å². The number of nitrogens with two attached hydrogens (primary N) is 1. The number of hydrogen-bond donors (Lipinski definition) is 2. The molecule has 0 unspecified atom stereocenters. The summed E-state index contributed by atoms with van der Waals surface area (Å²) in [6.07, 6.45) is -0.784. The molecular formula is C12H14FN3O2. The van der Waals surface area contributed by atoms with E-state index in [1.807, 2.05) is 0 Å². The molecule has 0 fully saturated rings. The lowest BCUT2D eigenvalue weighted by Crippen LogP contribution is -2.23. The Hall–Kier alpha value is -1.79.